The van der Waals surface area contributed by atoms with Gasteiger partial charge in [-0.25, -0.2) is 18.1 Å². The molecule has 3 heterocycles. The van der Waals surface area contributed by atoms with Crippen molar-refractivity contribution in [2.75, 3.05) is 12.8 Å². The molecule has 29 heavy (non-hydrogen) atoms. The lowest BCUT2D eigenvalue weighted by Gasteiger charge is -2.27. The highest BCUT2D eigenvalue weighted by atomic mass is 35.5. The third kappa shape index (κ3) is 3.85. The lowest BCUT2D eigenvalue weighted by Crippen LogP contribution is -2.36. The summed E-state index contributed by atoms with van der Waals surface area (Å²) < 4.78 is 25.1. The van der Waals surface area contributed by atoms with E-state index in [2.05, 4.69) is 20.0 Å². The van der Waals surface area contributed by atoms with Gasteiger partial charge in [-0.15, -0.1) is 0 Å². The van der Waals surface area contributed by atoms with E-state index in [-0.39, 0.29) is 5.16 Å². The number of aromatic amines is 1. The SMILES string of the molecule is Cc1nn(-c2ccccc2)c(Cl)c1CN1CCc2nc(S(C)(=O)=O)[nH]c(=O)c2C1. The van der Waals surface area contributed by atoms with Gasteiger partial charge in [0.15, 0.2) is 0 Å². The van der Waals surface area contributed by atoms with Crippen LogP contribution < -0.4 is 5.56 Å². The van der Waals surface area contributed by atoms with Crippen molar-refractivity contribution in [1.29, 1.82) is 0 Å². The van der Waals surface area contributed by atoms with E-state index in [1.54, 1.807) is 4.68 Å². The first-order chi connectivity index (χ1) is 13.7. The number of hydrogen-bond acceptors (Lipinski definition) is 6. The van der Waals surface area contributed by atoms with Crippen LogP contribution in [0.25, 0.3) is 5.69 Å². The van der Waals surface area contributed by atoms with E-state index >= 15 is 0 Å². The monoisotopic (exact) mass is 433 g/mol. The van der Waals surface area contributed by atoms with E-state index in [9.17, 15) is 13.2 Å². The number of nitrogens with one attached hydrogen (secondary N) is 1. The molecule has 10 heteroatoms. The fraction of sp³-hybridized carbons (Fsp3) is 0.316. The van der Waals surface area contributed by atoms with Crippen LogP contribution >= 0.6 is 11.6 Å². The van der Waals surface area contributed by atoms with E-state index in [0.717, 1.165) is 23.2 Å². The van der Waals surface area contributed by atoms with Gasteiger partial charge in [-0.3, -0.25) is 14.7 Å². The molecular weight excluding hydrogens is 414 g/mol. The number of aromatic nitrogens is 4. The molecule has 152 valence electrons. The van der Waals surface area contributed by atoms with Gasteiger partial charge in [0.2, 0.25) is 15.0 Å². The Kier molecular flexibility index (Phi) is 5.05. The van der Waals surface area contributed by atoms with Crippen LogP contribution in [0.5, 0.6) is 0 Å². The lowest BCUT2D eigenvalue weighted by molar-refractivity contribution is 0.240. The van der Waals surface area contributed by atoms with Crippen LogP contribution in [-0.4, -0.2) is 45.9 Å². The molecule has 1 aliphatic rings. The van der Waals surface area contributed by atoms with Crippen LogP contribution in [0.1, 0.15) is 22.5 Å². The molecule has 4 rings (SSSR count). The first-order valence-electron chi connectivity index (χ1n) is 9.08. The van der Waals surface area contributed by atoms with Gasteiger partial charge >= 0.3 is 0 Å². The molecule has 2 aromatic heterocycles. The molecule has 0 unspecified atom stereocenters. The third-order valence-electron chi connectivity index (χ3n) is 4.98. The van der Waals surface area contributed by atoms with Crippen LogP contribution in [0, 0.1) is 6.92 Å². The highest BCUT2D eigenvalue weighted by molar-refractivity contribution is 7.90. The average Bonchev–Trinajstić information content (AvgIpc) is 2.96. The summed E-state index contributed by atoms with van der Waals surface area (Å²) in [5.74, 6) is 0. The molecule has 0 bridgehead atoms. The normalized spacial score (nSPS) is 14.7. The van der Waals surface area contributed by atoms with Crippen molar-refractivity contribution >= 4 is 21.4 Å². The number of fused-ring (bicyclic) bond motifs is 1. The Morgan fingerprint density at radius 3 is 2.66 bits per heavy atom. The summed E-state index contributed by atoms with van der Waals surface area (Å²) in [5, 5.41) is 4.82. The van der Waals surface area contributed by atoms with Gasteiger partial charge in [-0.2, -0.15) is 5.10 Å². The van der Waals surface area contributed by atoms with Crippen molar-refractivity contribution in [3.63, 3.8) is 0 Å². The van der Waals surface area contributed by atoms with Crippen LogP contribution in [-0.2, 0) is 29.3 Å². The molecule has 3 aromatic rings. The predicted octanol–water partition coefficient (Wildman–Crippen LogP) is 1.88. The minimum Gasteiger partial charge on any atom is -0.297 e. The van der Waals surface area contributed by atoms with E-state index in [1.165, 1.54) is 0 Å². The number of hydrogen-bond donors (Lipinski definition) is 1. The molecule has 0 radical (unpaired) electrons. The van der Waals surface area contributed by atoms with Gasteiger partial charge in [0.25, 0.3) is 5.56 Å². The van der Waals surface area contributed by atoms with Gasteiger partial charge in [0.05, 0.1) is 22.6 Å². The molecule has 0 atom stereocenters. The van der Waals surface area contributed by atoms with Crippen molar-refractivity contribution in [2.45, 2.75) is 31.6 Å². The first kappa shape index (κ1) is 19.8. The molecule has 1 aliphatic heterocycles. The van der Waals surface area contributed by atoms with Gasteiger partial charge in [-0.05, 0) is 19.1 Å². The number of sulfone groups is 1. The number of para-hydroxylation sites is 1. The smallest absolute Gasteiger partial charge is 0.256 e. The quantitative estimate of drug-likeness (QED) is 0.630. The highest BCUT2D eigenvalue weighted by Gasteiger charge is 2.25. The molecule has 1 aromatic carbocycles. The van der Waals surface area contributed by atoms with Crippen molar-refractivity contribution < 1.29 is 8.42 Å². The molecule has 0 spiro atoms. The summed E-state index contributed by atoms with van der Waals surface area (Å²) in [6, 6.07) is 9.65. The number of rotatable bonds is 4. The standard InChI is InChI=1S/C19H20ClN5O3S/c1-12-14(17(20)25(23-12)13-6-4-3-5-7-13)10-24-9-8-16-15(11-24)18(26)22-19(21-16)29(2,27)28/h3-7H,8-11H2,1-2H3,(H,21,22,26). The minimum atomic E-state index is -3.56. The fourth-order valence-corrected chi connectivity index (χ4v) is 4.33. The van der Waals surface area contributed by atoms with E-state index in [4.69, 9.17) is 11.6 Å². The Balaban J connectivity index is 1.61. The van der Waals surface area contributed by atoms with Gasteiger partial charge in [0, 0.05) is 37.9 Å². The lowest BCUT2D eigenvalue weighted by atomic mass is 10.1. The number of aryl methyl sites for hydroxylation is 1. The molecule has 8 nitrogen and oxygen atoms in total. The topological polar surface area (TPSA) is 101 Å². The van der Waals surface area contributed by atoms with Crippen LogP contribution in [0.2, 0.25) is 5.15 Å². The Hall–Kier alpha value is -2.49. The number of halogens is 1. The van der Waals surface area contributed by atoms with Crippen LogP contribution in [0.15, 0.2) is 40.3 Å². The summed E-state index contributed by atoms with van der Waals surface area (Å²) in [4.78, 5) is 21.0. The van der Waals surface area contributed by atoms with Crippen LogP contribution in [0.4, 0.5) is 0 Å². The van der Waals surface area contributed by atoms with E-state index in [1.807, 2.05) is 37.3 Å². The summed E-state index contributed by atoms with van der Waals surface area (Å²) in [6.07, 6.45) is 1.52. The zero-order valence-corrected chi connectivity index (χ0v) is 17.6. The first-order valence-corrected chi connectivity index (χ1v) is 11.3. The molecule has 0 fully saturated rings. The van der Waals surface area contributed by atoms with Crippen molar-refractivity contribution in [3.05, 3.63) is 68.4 Å². The summed E-state index contributed by atoms with van der Waals surface area (Å²) in [7, 11) is -3.56. The van der Waals surface area contributed by atoms with Crippen molar-refractivity contribution in [3.8, 4) is 5.69 Å². The van der Waals surface area contributed by atoms with E-state index in [0.29, 0.717) is 42.5 Å². The Morgan fingerprint density at radius 1 is 1.24 bits per heavy atom. The highest BCUT2D eigenvalue weighted by Crippen LogP contribution is 2.26. The molecule has 0 saturated carbocycles. The van der Waals surface area contributed by atoms with E-state index < -0.39 is 15.4 Å². The largest absolute Gasteiger partial charge is 0.297 e. The van der Waals surface area contributed by atoms with Crippen molar-refractivity contribution in [2.24, 2.45) is 0 Å². The second-order valence-electron chi connectivity index (χ2n) is 7.13. The molecule has 0 saturated heterocycles. The molecule has 0 aliphatic carbocycles. The fourth-order valence-electron chi connectivity index (χ4n) is 3.44. The molecular formula is C19H20ClN5O3S. The van der Waals surface area contributed by atoms with Gasteiger partial charge in [0.1, 0.15) is 5.15 Å². The second kappa shape index (κ2) is 7.40. The Bertz CT molecular complexity index is 1230. The maximum absolute atomic E-state index is 12.4. The zero-order valence-electron chi connectivity index (χ0n) is 16.0. The summed E-state index contributed by atoms with van der Waals surface area (Å²) in [5.41, 5.74) is 3.22. The molecule has 0 amide bonds. The zero-order chi connectivity index (χ0) is 20.8. The molecule has 1 N–H and O–H groups in total. The maximum Gasteiger partial charge on any atom is 0.256 e. The third-order valence-corrected chi connectivity index (χ3v) is 6.27. The summed E-state index contributed by atoms with van der Waals surface area (Å²) >= 11 is 6.61. The Morgan fingerprint density at radius 2 is 1.97 bits per heavy atom. The maximum atomic E-state index is 12.4. The average molecular weight is 434 g/mol. The van der Waals surface area contributed by atoms with Crippen LogP contribution in [0.3, 0.4) is 0 Å². The number of H-pyrrole nitrogens is 1. The van der Waals surface area contributed by atoms with Crippen molar-refractivity contribution in [1.82, 2.24) is 24.6 Å². The second-order valence-corrected chi connectivity index (χ2v) is 9.42. The minimum absolute atomic E-state index is 0.280. The summed E-state index contributed by atoms with van der Waals surface area (Å²) in [6.45, 7) is 3.45. The predicted molar refractivity (Wildman–Crippen MR) is 109 cm³/mol. The van der Waals surface area contributed by atoms with Gasteiger partial charge in [-0.1, -0.05) is 29.8 Å². The van der Waals surface area contributed by atoms with Gasteiger partial charge < -0.3 is 0 Å². The number of benzene rings is 1. The number of nitrogens with zero attached hydrogens (tertiary/aromatic N) is 4. The Labute approximate surface area is 173 Å².